The summed E-state index contributed by atoms with van der Waals surface area (Å²) in [4.78, 5) is 41.0. The van der Waals surface area contributed by atoms with Crippen LogP contribution in [0.1, 0.15) is 22.9 Å². The summed E-state index contributed by atoms with van der Waals surface area (Å²) in [5.41, 5.74) is 3.50. The van der Waals surface area contributed by atoms with Crippen molar-refractivity contribution in [3.05, 3.63) is 157 Å². The van der Waals surface area contributed by atoms with Crippen LogP contribution in [0.4, 0.5) is 0 Å². The maximum atomic E-state index is 12.5. The molecule has 0 radical (unpaired) electrons. The lowest BCUT2D eigenvalue weighted by Gasteiger charge is -2.16. The fraction of sp³-hybridized carbons (Fsp3) is 0.208. The Labute approximate surface area is 372 Å². The van der Waals surface area contributed by atoms with Crippen molar-refractivity contribution in [3.63, 3.8) is 0 Å². The first-order chi connectivity index (χ1) is 30.8. The van der Waals surface area contributed by atoms with Gasteiger partial charge < -0.3 is 47.6 Å². The van der Waals surface area contributed by atoms with Gasteiger partial charge >= 0.3 is 11.9 Å². The fourth-order valence-electron chi connectivity index (χ4n) is 5.77. The Morgan fingerprint density at radius 2 is 0.797 bits per heavy atom. The molecule has 0 bridgehead atoms. The molecule has 0 spiro atoms. The first-order valence-corrected chi connectivity index (χ1v) is 19.8. The summed E-state index contributed by atoms with van der Waals surface area (Å²) in [6.45, 7) is 0. The quantitative estimate of drug-likeness (QED) is 0.0534. The molecule has 0 N–H and O–H groups in total. The Bertz CT molecular complexity index is 2410. The highest BCUT2D eigenvalue weighted by Gasteiger charge is 2.23. The van der Waals surface area contributed by atoms with Crippen LogP contribution in [-0.2, 0) is 19.1 Å². The standard InChI is InChI=1S/2C24H26N4O4/c2*1-27(2)15-19(24(29)30-5)18-13-9-10-14-20(18)31-21(16-28(3)4)23-25-22(26-32-23)17-11-7-6-8-12-17/h2*6-16H,1-5H3/b2*19-15+,21-16-. The number of nitrogens with zero attached hydrogens (tertiary/aromatic N) is 8. The number of carbonyl (C=O) groups excluding carboxylic acids is 2. The van der Waals surface area contributed by atoms with Gasteiger partial charge in [-0.3, -0.25) is 0 Å². The Balaban J connectivity index is 0.000000241. The van der Waals surface area contributed by atoms with E-state index in [0.29, 0.717) is 56.9 Å². The number of hydrogen-bond donors (Lipinski definition) is 0. The number of aromatic nitrogens is 4. The topological polar surface area (TPSA) is 162 Å². The van der Waals surface area contributed by atoms with Gasteiger partial charge in [0.05, 0.1) is 25.4 Å². The Kier molecular flexibility index (Phi) is 16.6. The minimum atomic E-state index is -0.475. The molecule has 16 nitrogen and oxygen atoms in total. The molecule has 2 aromatic heterocycles. The van der Waals surface area contributed by atoms with Gasteiger partial charge in [0.2, 0.25) is 23.2 Å². The zero-order valence-electron chi connectivity index (χ0n) is 37.5. The highest BCUT2D eigenvalue weighted by atomic mass is 16.5. The number of hydrogen-bond acceptors (Lipinski definition) is 16. The van der Waals surface area contributed by atoms with Gasteiger partial charge in [-0.25, -0.2) is 9.59 Å². The van der Waals surface area contributed by atoms with Gasteiger partial charge in [0.25, 0.3) is 11.8 Å². The molecular weight excluding hydrogens is 817 g/mol. The molecule has 16 heteroatoms. The summed E-state index contributed by atoms with van der Waals surface area (Å²) in [7, 11) is 17.4. The molecule has 0 amide bonds. The molecule has 6 aromatic rings. The van der Waals surface area contributed by atoms with Crippen LogP contribution in [0.3, 0.4) is 0 Å². The van der Waals surface area contributed by atoms with Crippen LogP contribution in [0.5, 0.6) is 11.5 Å². The number of para-hydroxylation sites is 2. The van der Waals surface area contributed by atoms with Gasteiger partial charge in [-0.2, -0.15) is 9.97 Å². The zero-order chi connectivity index (χ0) is 46.2. The molecule has 4 aromatic carbocycles. The Hall–Kier alpha value is -8.14. The SMILES string of the molecule is COC(=O)/C(=C/N(C)C)c1ccccc1O/C(=C\N(C)C)c1nc(-c2ccccc2)no1.COC(=O)/C(=C/N(C)C)c1ccccc1O/C(=C\N(C)C)c1nc(-c2ccccc2)no1. The van der Waals surface area contributed by atoms with E-state index in [0.717, 1.165) is 11.1 Å². The van der Waals surface area contributed by atoms with Gasteiger partial charge in [-0.1, -0.05) is 107 Å². The van der Waals surface area contributed by atoms with Crippen molar-refractivity contribution in [1.29, 1.82) is 0 Å². The second kappa shape index (κ2) is 22.6. The van der Waals surface area contributed by atoms with Crippen molar-refractivity contribution in [2.75, 3.05) is 70.6 Å². The summed E-state index contributed by atoms with van der Waals surface area (Å²) in [5, 5.41) is 8.15. The molecule has 0 unspecified atom stereocenters. The zero-order valence-corrected chi connectivity index (χ0v) is 37.5. The van der Waals surface area contributed by atoms with Crippen LogP contribution in [0.15, 0.2) is 143 Å². The number of benzene rings is 4. The molecular formula is C48H52N8O8. The predicted octanol–water partition coefficient (Wildman–Crippen LogP) is 7.50. The van der Waals surface area contributed by atoms with Crippen LogP contribution in [0.2, 0.25) is 0 Å². The van der Waals surface area contributed by atoms with E-state index < -0.39 is 11.9 Å². The Morgan fingerprint density at radius 3 is 1.12 bits per heavy atom. The molecule has 332 valence electrons. The summed E-state index contributed by atoms with van der Waals surface area (Å²) in [5.74, 6) is 1.94. The minimum absolute atomic E-state index is 0.212. The molecule has 0 aliphatic carbocycles. The number of esters is 2. The highest BCUT2D eigenvalue weighted by molar-refractivity contribution is 6.17. The largest absolute Gasteiger partial charge is 0.465 e. The van der Waals surface area contributed by atoms with E-state index in [4.69, 9.17) is 28.0 Å². The van der Waals surface area contributed by atoms with Crippen molar-refractivity contribution in [1.82, 2.24) is 39.9 Å². The molecule has 2 heterocycles. The van der Waals surface area contributed by atoms with Crippen molar-refractivity contribution in [2.24, 2.45) is 0 Å². The summed E-state index contributed by atoms with van der Waals surface area (Å²) in [6.07, 6.45) is 6.83. The molecule has 0 saturated heterocycles. The van der Waals surface area contributed by atoms with Crippen molar-refractivity contribution >= 4 is 34.6 Å². The highest BCUT2D eigenvalue weighted by Crippen LogP contribution is 2.33. The van der Waals surface area contributed by atoms with E-state index in [-0.39, 0.29) is 11.8 Å². The molecule has 0 atom stereocenters. The third-order valence-corrected chi connectivity index (χ3v) is 8.47. The first-order valence-electron chi connectivity index (χ1n) is 19.8. The fourth-order valence-corrected chi connectivity index (χ4v) is 5.77. The molecule has 0 aliphatic rings. The Morgan fingerprint density at radius 1 is 0.469 bits per heavy atom. The molecule has 0 aliphatic heterocycles. The van der Waals surface area contributed by atoms with Crippen molar-refractivity contribution < 1.29 is 37.6 Å². The molecule has 6 rings (SSSR count). The maximum Gasteiger partial charge on any atom is 0.340 e. The normalized spacial score (nSPS) is 11.8. The monoisotopic (exact) mass is 868 g/mol. The maximum absolute atomic E-state index is 12.5. The average molecular weight is 869 g/mol. The van der Waals surface area contributed by atoms with Crippen molar-refractivity contribution in [3.8, 4) is 34.3 Å². The summed E-state index contributed by atoms with van der Waals surface area (Å²) in [6, 6.07) is 33.4. The minimum Gasteiger partial charge on any atom is -0.465 e. The third-order valence-electron chi connectivity index (χ3n) is 8.47. The van der Waals surface area contributed by atoms with Crippen LogP contribution >= 0.6 is 0 Å². The van der Waals surface area contributed by atoms with Gasteiger partial charge in [0.15, 0.2) is 0 Å². The summed E-state index contributed by atoms with van der Waals surface area (Å²) >= 11 is 0. The van der Waals surface area contributed by atoms with Crippen molar-refractivity contribution in [2.45, 2.75) is 0 Å². The van der Waals surface area contributed by atoms with Gasteiger partial charge in [-0.05, 0) is 12.1 Å². The lowest BCUT2D eigenvalue weighted by Crippen LogP contribution is -2.12. The van der Waals surface area contributed by atoms with Crippen LogP contribution in [0, 0.1) is 0 Å². The van der Waals surface area contributed by atoms with E-state index in [1.54, 1.807) is 68.7 Å². The van der Waals surface area contributed by atoms with Gasteiger partial charge in [0.1, 0.15) is 11.5 Å². The van der Waals surface area contributed by atoms with E-state index in [2.05, 4.69) is 20.3 Å². The lowest BCUT2D eigenvalue weighted by atomic mass is 10.1. The number of rotatable bonds is 16. The van der Waals surface area contributed by atoms with E-state index in [9.17, 15) is 9.59 Å². The number of carbonyl (C=O) groups is 2. The van der Waals surface area contributed by atoms with Crippen LogP contribution < -0.4 is 9.47 Å². The second-order valence-corrected chi connectivity index (χ2v) is 14.7. The second-order valence-electron chi connectivity index (χ2n) is 14.7. The third kappa shape index (κ3) is 12.9. The number of ether oxygens (including phenoxy) is 4. The lowest BCUT2D eigenvalue weighted by molar-refractivity contribution is -0.134. The van der Waals surface area contributed by atoms with E-state index in [1.165, 1.54) is 14.2 Å². The summed E-state index contributed by atoms with van der Waals surface area (Å²) < 4.78 is 33.3. The average Bonchev–Trinajstić information content (AvgIpc) is 3.99. The van der Waals surface area contributed by atoms with E-state index >= 15 is 0 Å². The smallest absolute Gasteiger partial charge is 0.340 e. The number of methoxy groups -OCH3 is 2. The first kappa shape index (κ1) is 46.9. The molecule has 64 heavy (non-hydrogen) atoms. The molecule has 0 fully saturated rings. The van der Waals surface area contributed by atoms with Gasteiger partial charge in [-0.15, -0.1) is 0 Å². The van der Waals surface area contributed by atoms with Crippen LogP contribution in [0.25, 0.3) is 45.4 Å². The predicted molar refractivity (Wildman–Crippen MR) is 244 cm³/mol. The van der Waals surface area contributed by atoms with Gasteiger partial charge in [0, 0.05) is 103 Å². The molecule has 0 saturated carbocycles. The van der Waals surface area contributed by atoms with Crippen LogP contribution in [-0.4, -0.2) is 122 Å². The van der Waals surface area contributed by atoms with E-state index in [1.807, 2.05) is 141 Å².